The number of nitrogens with one attached hydrogen (secondary N) is 1. The molecule has 1 aliphatic heterocycles. The summed E-state index contributed by atoms with van der Waals surface area (Å²) in [4.78, 5) is 5.87. The zero-order chi connectivity index (χ0) is 7.84. The van der Waals surface area contributed by atoms with Crippen LogP contribution in [0.4, 0.5) is 0 Å². The van der Waals surface area contributed by atoms with Crippen molar-refractivity contribution in [2.45, 2.75) is 20.0 Å². The number of rotatable bonds is 0. The zero-order valence-electron chi connectivity index (χ0n) is 7.09. The van der Waals surface area contributed by atoms with Crippen molar-refractivity contribution in [2.24, 2.45) is 0 Å². The number of imidazole rings is 1. The van der Waals surface area contributed by atoms with E-state index in [9.17, 15) is 0 Å². The number of likely N-dealkylation sites (N-methyl/N-ethyl adjacent to an activating group) is 1. The van der Waals surface area contributed by atoms with Gasteiger partial charge in [0.15, 0.2) is 0 Å². The number of aryl methyl sites for hydroxylation is 1. The summed E-state index contributed by atoms with van der Waals surface area (Å²) in [6.07, 6.45) is 1.96. The van der Waals surface area contributed by atoms with Gasteiger partial charge in [-0.3, -0.25) is 0 Å². The second-order valence-electron chi connectivity index (χ2n) is 3.35. The summed E-state index contributed by atoms with van der Waals surface area (Å²) in [5.41, 5.74) is 2.61. The molecule has 0 saturated carbocycles. The fourth-order valence-corrected chi connectivity index (χ4v) is 1.62. The highest BCUT2D eigenvalue weighted by Crippen LogP contribution is 2.06. The Bertz CT molecular complexity index is 264. The van der Waals surface area contributed by atoms with Gasteiger partial charge in [-0.2, -0.15) is 0 Å². The number of quaternary nitrogens is 1. The van der Waals surface area contributed by atoms with Gasteiger partial charge >= 0.3 is 0 Å². The highest BCUT2D eigenvalue weighted by atomic mass is 15.2. The Morgan fingerprint density at radius 1 is 1.64 bits per heavy atom. The van der Waals surface area contributed by atoms with E-state index in [2.05, 4.69) is 23.5 Å². The first-order chi connectivity index (χ1) is 5.27. The van der Waals surface area contributed by atoms with E-state index in [0.29, 0.717) is 0 Å². The summed E-state index contributed by atoms with van der Waals surface area (Å²) in [6, 6.07) is 0. The van der Waals surface area contributed by atoms with E-state index in [0.717, 1.165) is 13.1 Å². The lowest BCUT2D eigenvalue weighted by Crippen LogP contribution is -3.09. The maximum atomic E-state index is 4.28. The van der Waals surface area contributed by atoms with E-state index in [1.165, 1.54) is 17.9 Å². The van der Waals surface area contributed by atoms with Crippen molar-refractivity contribution >= 4 is 0 Å². The van der Waals surface area contributed by atoms with Crippen LogP contribution in [0.5, 0.6) is 0 Å². The van der Waals surface area contributed by atoms with Crippen LogP contribution in [-0.4, -0.2) is 23.1 Å². The summed E-state index contributed by atoms with van der Waals surface area (Å²) in [5.74, 6) is 0. The first-order valence-electron chi connectivity index (χ1n) is 4.09. The highest BCUT2D eigenvalue weighted by Gasteiger charge is 2.17. The van der Waals surface area contributed by atoms with Crippen molar-refractivity contribution in [2.75, 3.05) is 13.6 Å². The molecular formula is C8H14N3+. The van der Waals surface area contributed by atoms with Gasteiger partial charge in [-0.05, 0) is 6.92 Å². The monoisotopic (exact) mass is 152 g/mol. The van der Waals surface area contributed by atoms with Gasteiger partial charge in [0.1, 0.15) is 6.54 Å². The molecule has 2 rings (SSSR count). The van der Waals surface area contributed by atoms with Crippen molar-refractivity contribution in [3.05, 3.63) is 17.7 Å². The summed E-state index contributed by atoms with van der Waals surface area (Å²) < 4.78 is 2.27. The Balaban J connectivity index is 2.37. The molecule has 1 aromatic heterocycles. The second kappa shape index (κ2) is 2.34. The number of aromatic nitrogens is 2. The van der Waals surface area contributed by atoms with Gasteiger partial charge in [0.2, 0.25) is 0 Å². The Morgan fingerprint density at radius 2 is 2.45 bits per heavy atom. The molecule has 60 valence electrons. The molecule has 1 unspecified atom stereocenters. The molecule has 0 aliphatic carbocycles. The number of hydrogen-bond acceptors (Lipinski definition) is 1. The van der Waals surface area contributed by atoms with E-state index in [4.69, 9.17) is 0 Å². The third-order valence-electron chi connectivity index (χ3n) is 2.40. The third kappa shape index (κ3) is 1.05. The lowest BCUT2D eigenvalue weighted by atomic mass is 10.3. The predicted molar refractivity (Wildman–Crippen MR) is 42.4 cm³/mol. The topological polar surface area (TPSA) is 22.3 Å². The van der Waals surface area contributed by atoms with Crippen molar-refractivity contribution in [1.29, 1.82) is 0 Å². The molecule has 3 nitrogen and oxygen atoms in total. The van der Waals surface area contributed by atoms with E-state index < -0.39 is 0 Å². The van der Waals surface area contributed by atoms with E-state index in [1.807, 2.05) is 6.33 Å². The minimum atomic E-state index is 1.13. The smallest absolute Gasteiger partial charge is 0.120 e. The number of fused-ring (bicyclic) bond motifs is 1. The molecule has 2 heterocycles. The molecule has 1 aliphatic rings. The molecule has 0 aromatic carbocycles. The number of nitrogens with zero attached hydrogens (tertiary/aromatic N) is 2. The first kappa shape index (κ1) is 6.85. The predicted octanol–water partition coefficient (Wildman–Crippen LogP) is -0.780. The normalized spacial score (nSPS) is 23.3. The summed E-state index contributed by atoms with van der Waals surface area (Å²) in [6.45, 7) is 5.57. The van der Waals surface area contributed by atoms with Gasteiger partial charge in [0, 0.05) is 0 Å². The Kier molecular flexibility index (Phi) is 1.46. The molecule has 1 atom stereocenters. The second-order valence-corrected chi connectivity index (χ2v) is 3.35. The van der Waals surface area contributed by atoms with Crippen LogP contribution >= 0.6 is 0 Å². The van der Waals surface area contributed by atoms with Gasteiger partial charge in [-0.25, -0.2) is 4.98 Å². The van der Waals surface area contributed by atoms with Crippen LogP contribution in [0.2, 0.25) is 0 Å². The zero-order valence-corrected chi connectivity index (χ0v) is 7.09. The van der Waals surface area contributed by atoms with Crippen LogP contribution < -0.4 is 4.90 Å². The Labute approximate surface area is 66.6 Å². The van der Waals surface area contributed by atoms with Gasteiger partial charge < -0.3 is 9.47 Å². The average molecular weight is 152 g/mol. The van der Waals surface area contributed by atoms with Gasteiger partial charge in [0.05, 0.1) is 37.9 Å². The molecule has 1 N–H and O–H groups in total. The largest absolute Gasteiger partial charge is 0.331 e. The minimum absolute atomic E-state index is 1.13. The summed E-state index contributed by atoms with van der Waals surface area (Å²) in [5, 5.41) is 0. The lowest BCUT2D eigenvalue weighted by molar-refractivity contribution is -0.898. The number of hydrogen-bond donors (Lipinski definition) is 1. The minimum Gasteiger partial charge on any atom is -0.331 e. The average Bonchev–Trinajstić information content (AvgIpc) is 2.33. The standard InChI is InChI=1S/C8H13N3/c1-7-8-5-10(2)3-4-11(8)6-9-7/h6H,3-5H2,1-2H3/p+1. The molecule has 0 radical (unpaired) electrons. The van der Waals surface area contributed by atoms with Gasteiger partial charge in [0.25, 0.3) is 0 Å². The highest BCUT2D eigenvalue weighted by molar-refractivity contribution is 5.10. The van der Waals surface area contributed by atoms with Crippen molar-refractivity contribution in [3.8, 4) is 0 Å². The first-order valence-corrected chi connectivity index (χ1v) is 4.09. The van der Waals surface area contributed by atoms with Crippen molar-refractivity contribution in [1.82, 2.24) is 9.55 Å². The van der Waals surface area contributed by atoms with Crippen LogP contribution in [0.15, 0.2) is 6.33 Å². The van der Waals surface area contributed by atoms with Crippen LogP contribution in [0.1, 0.15) is 11.4 Å². The van der Waals surface area contributed by atoms with Gasteiger partial charge in [-0.1, -0.05) is 0 Å². The molecular weight excluding hydrogens is 138 g/mol. The molecule has 0 saturated heterocycles. The Hall–Kier alpha value is -0.830. The van der Waals surface area contributed by atoms with Crippen LogP contribution in [0.25, 0.3) is 0 Å². The maximum Gasteiger partial charge on any atom is 0.120 e. The third-order valence-corrected chi connectivity index (χ3v) is 2.40. The van der Waals surface area contributed by atoms with Crippen molar-refractivity contribution in [3.63, 3.8) is 0 Å². The molecule has 0 spiro atoms. The maximum absolute atomic E-state index is 4.28. The molecule has 1 aromatic rings. The van der Waals surface area contributed by atoms with E-state index in [-0.39, 0.29) is 0 Å². The van der Waals surface area contributed by atoms with Crippen LogP contribution in [0, 0.1) is 6.92 Å². The van der Waals surface area contributed by atoms with E-state index >= 15 is 0 Å². The summed E-state index contributed by atoms with van der Waals surface area (Å²) in [7, 11) is 2.23. The fraction of sp³-hybridized carbons (Fsp3) is 0.625. The van der Waals surface area contributed by atoms with Crippen molar-refractivity contribution < 1.29 is 4.90 Å². The lowest BCUT2D eigenvalue weighted by Gasteiger charge is -2.21. The quantitative estimate of drug-likeness (QED) is 0.517. The Morgan fingerprint density at radius 3 is 3.27 bits per heavy atom. The molecule has 0 bridgehead atoms. The van der Waals surface area contributed by atoms with E-state index in [1.54, 1.807) is 4.90 Å². The molecule has 0 fully saturated rings. The summed E-state index contributed by atoms with van der Waals surface area (Å²) >= 11 is 0. The SMILES string of the molecule is Cc1ncn2c1C[NH+](C)CC2. The molecule has 3 heteroatoms. The fourth-order valence-electron chi connectivity index (χ4n) is 1.62. The van der Waals surface area contributed by atoms with Crippen LogP contribution in [0.3, 0.4) is 0 Å². The molecule has 11 heavy (non-hydrogen) atoms. The van der Waals surface area contributed by atoms with Crippen LogP contribution in [-0.2, 0) is 13.1 Å². The van der Waals surface area contributed by atoms with Gasteiger partial charge in [-0.15, -0.1) is 0 Å². The molecule has 0 amide bonds.